The van der Waals surface area contributed by atoms with Crippen LogP contribution in [0.1, 0.15) is 54.2 Å². The number of nitrogen functional groups attached to an aromatic ring is 1. The lowest BCUT2D eigenvalue weighted by Crippen LogP contribution is -2.20. The Hall–Kier alpha value is -2.55. The SMILES string of the molecule is COC(=O)c1ccccc1NC(=O)CSc1nnc(C2CCCCC2)n1N. The number of esters is 1. The molecular weight excluding hydrogens is 366 g/mol. The average Bonchev–Trinajstić information content (AvgIpc) is 3.07. The quantitative estimate of drug-likeness (QED) is 0.443. The number of rotatable bonds is 6. The second-order valence-corrected chi connectivity index (χ2v) is 7.36. The molecule has 1 aromatic carbocycles. The molecular formula is C18H23N5O3S. The molecule has 0 atom stereocenters. The summed E-state index contributed by atoms with van der Waals surface area (Å²) in [5, 5.41) is 11.6. The lowest BCUT2D eigenvalue weighted by Gasteiger charge is -2.20. The molecule has 2 aromatic rings. The van der Waals surface area contributed by atoms with Gasteiger partial charge in [0.2, 0.25) is 11.1 Å². The van der Waals surface area contributed by atoms with E-state index in [1.807, 2.05) is 0 Å². The molecule has 27 heavy (non-hydrogen) atoms. The van der Waals surface area contributed by atoms with Crippen molar-refractivity contribution in [1.82, 2.24) is 14.9 Å². The largest absolute Gasteiger partial charge is 0.465 e. The number of anilines is 1. The van der Waals surface area contributed by atoms with E-state index in [-0.39, 0.29) is 11.7 Å². The topological polar surface area (TPSA) is 112 Å². The zero-order valence-electron chi connectivity index (χ0n) is 15.2. The number of hydrogen-bond donors (Lipinski definition) is 2. The van der Waals surface area contributed by atoms with Crippen molar-refractivity contribution in [3.8, 4) is 0 Å². The van der Waals surface area contributed by atoms with Gasteiger partial charge in [-0.25, -0.2) is 9.47 Å². The van der Waals surface area contributed by atoms with Crippen LogP contribution in [0, 0.1) is 0 Å². The fourth-order valence-electron chi connectivity index (χ4n) is 3.22. The van der Waals surface area contributed by atoms with E-state index < -0.39 is 5.97 Å². The summed E-state index contributed by atoms with van der Waals surface area (Å²) in [5.41, 5.74) is 0.715. The molecule has 1 amide bonds. The minimum absolute atomic E-state index is 0.107. The number of nitrogens with one attached hydrogen (secondary N) is 1. The minimum Gasteiger partial charge on any atom is -0.465 e. The van der Waals surface area contributed by atoms with Gasteiger partial charge in [0.15, 0.2) is 5.82 Å². The van der Waals surface area contributed by atoms with E-state index in [9.17, 15) is 9.59 Å². The fourth-order valence-corrected chi connectivity index (χ4v) is 3.89. The number of carbonyl (C=O) groups is 2. The van der Waals surface area contributed by atoms with Crippen molar-refractivity contribution in [3.63, 3.8) is 0 Å². The van der Waals surface area contributed by atoms with Crippen LogP contribution in [-0.2, 0) is 9.53 Å². The van der Waals surface area contributed by atoms with Crippen molar-refractivity contribution in [1.29, 1.82) is 0 Å². The smallest absolute Gasteiger partial charge is 0.339 e. The van der Waals surface area contributed by atoms with Crippen LogP contribution in [-0.4, -0.2) is 39.6 Å². The Morgan fingerprint density at radius 1 is 1.26 bits per heavy atom. The molecule has 1 heterocycles. The molecule has 0 spiro atoms. The van der Waals surface area contributed by atoms with Gasteiger partial charge in [0.05, 0.1) is 24.1 Å². The molecule has 1 aromatic heterocycles. The molecule has 8 nitrogen and oxygen atoms in total. The Morgan fingerprint density at radius 3 is 2.74 bits per heavy atom. The summed E-state index contributed by atoms with van der Waals surface area (Å²) in [7, 11) is 1.30. The summed E-state index contributed by atoms with van der Waals surface area (Å²) in [6.07, 6.45) is 5.77. The van der Waals surface area contributed by atoms with Crippen LogP contribution in [0.5, 0.6) is 0 Å². The van der Waals surface area contributed by atoms with E-state index in [0.717, 1.165) is 18.7 Å². The predicted molar refractivity (Wildman–Crippen MR) is 103 cm³/mol. The zero-order valence-corrected chi connectivity index (χ0v) is 16.0. The molecule has 1 saturated carbocycles. The summed E-state index contributed by atoms with van der Waals surface area (Å²) in [6.45, 7) is 0. The molecule has 9 heteroatoms. The third-order valence-electron chi connectivity index (χ3n) is 4.60. The van der Waals surface area contributed by atoms with Crippen LogP contribution < -0.4 is 11.2 Å². The number of nitrogens with two attached hydrogens (primary N) is 1. The maximum Gasteiger partial charge on any atom is 0.339 e. The normalized spacial score (nSPS) is 14.7. The van der Waals surface area contributed by atoms with E-state index in [1.54, 1.807) is 24.3 Å². The third kappa shape index (κ3) is 4.60. The molecule has 0 bridgehead atoms. The number of para-hydroxylation sites is 1. The number of ether oxygens (including phenoxy) is 1. The summed E-state index contributed by atoms with van der Waals surface area (Å²) in [5.74, 6) is 6.60. The van der Waals surface area contributed by atoms with E-state index in [1.165, 1.54) is 42.8 Å². The first kappa shape index (κ1) is 19.2. The first-order chi connectivity index (χ1) is 13.1. The van der Waals surface area contributed by atoms with Gasteiger partial charge < -0.3 is 15.9 Å². The molecule has 1 aliphatic carbocycles. The highest BCUT2D eigenvalue weighted by Crippen LogP contribution is 2.32. The first-order valence-corrected chi connectivity index (χ1v) is 9.89. The highest BCUT2D eigenvalue weighted by Gasteiger charge is 2.23. The lowest BCUT2D eigenvalue weighted by atomic mass is 9.89. The van der Waals surface area contributed by atoms with Crippen molar-refractivity contribution in [2.45, 2.75) is 43.2 Å². The van der Waals surface area contributed by atoms with Gasteiger partial charge in [-0.05, 0) is 25.0 Å². The number of hydrogen-bond acceptors (Lipinski definition) is 7. The minimum atomic E-state index is -0.502. The maximum atomic E-state index is 12.3. The number of thioether (sulfide) groups is 1. The van der Waals surface area contributed by atoms with Crippen LogP contribution in [0.2, 0.25) is 0 Å². The Labute approximate surface area is 161 Å². The van der Waals surface area contributed by atoms with Gasteiger partial charge in [-0.2, -0.15) is 0 Å². The van der Waals surface area contributed by atoms with Gasteiger partial charge in [0.1, 0.15) is 0 Å². The molecule has 1 aliphatic rings. The second kappa shape index (κ2) is 8.90. The van der Waals surface area contributed by atoms with Crippen LogP contribution in [0.4, 0.5) is 5.69 Å². The number of nitrogens with zero attached hydrogens (tertiary/aromatic N) is 3. The van der Waals surface area contributed by atoms with E-state index >= 15 is 0 Å². The third-order valence-corrected chi connectivity index (χ3v) is 5.54. The van der Waals surface area contributed by atoms with Crippen molar-refractivity contribution in [2.24, 2.45) is 0 Å². The van der Waals surface area contributed by atoms with Crippen molar-refractivity contribution < 1.29 is 14.3 Å². The average molecular weight is 389 g/mol. The van der Waals surface area contributed by atoms with Gasteiger partial charge in [-0.15, -0.1) is 10.2 Å². The monoisotopic (exact) mass is 389 g/mol. The number of methoxy groups -OCH3 is 1. The number of benzene rings is 1. The van der Waals surface area contributed by atoms with Crippen molar-refractivity contribution in [3.05, 3.63) is 35.7 Å². The van der Waals surface area contributed by atoms with Crippen molar-refractivity contribution >= 4 is 29.3 Å². The number of carbonyl (C=O) groups excluding carboxylic acids is 2. The van der Waals surface area contributed by atoms with Crippen LogP contribution >= 0.6 is 11.8 Å². The molecule has 3 rings (SSSR count). The molecule has 3 N–H and O–H groups in total. The summed E-state index contributed by atoms with van der Waals surface area (Å²) >= 11 is 1.22. The molecule has 0 aliphatic heterocycles. The van der Waals surface area contributed by atoms with Gasteiger partial charge in [-0.3, -0.25) is 4.79 Å². The molecule has 0 saturated heterocycles. The summed E-state index contributed by atoms with van der Waals surface area (Å²) in [6, 6.07) is 6.70. The van der Waals surface area contributed by atoms with Gasteiger partial charge in [0.25, 0.3) is 0 Å². The van der Waals surface area contributed by atoms with Gasteiger partial charge in [-0.1, -0.05) is 43.2 Å². The molecule has 144 valence electrons. The van der Waals surface area contributed by atoms with Crippen LogP contribution in [0.25, 0.3) is 0 Å². The Morgan fingerprint density at radius 2 is 2.00 bits per heavy atom. The summed E-state index contributed by atoms with van der Waals surface area (Å²) in [4.78, 5) is 24.1. The summed E-state index contributed by atoms with van der Waals surface area (Å²) < 4.78 is 6.23. The lowest BCUT2D eigenvalue weighted by molar-refractivity contribution is -0.113. The van der Waals surface area contributed by atoms with E-state index in [0.29, 0.717) is 22.3 Å². The maximum absolute atomic E-state index is 12.3. The van der Waals surface area contributed by atoms with Gasteiger partial charge in [0, 0.05) is 5.92 Å². The Bertz CT molecular complexity index is 817. The highest BCUT2D eigenvalue weighted by atomic mass is 32.2. The highest BCUT2D eigenvalue weighted by molar-refractivity contribution is 7.99. The molecule has 1 fully saturated rings. The van der Waals surface area contributed by atoms with E-state index in [4.69, 9.17) is 10.6 Å². The van der Waals surface area contributed by atoms with Gasteiger partial charge >= 0.3 is 5.97 Å². The molecule has 0 radical (unpaired) electrons. The van der Waals surface area contributed by atoms with E-state index in [2.05, 4.69) is 15.5 Å². The first-order valence-electron chi connectivity index (χ1n) is 8.90. The van der Waals surface area contributed by atoms with Crippen molar-refractivity contribution in [2.75, 3.05) is 24.0 Å². The fraction of sp³-hybridized carbons (Fsp3) is 0.444. The zero-order chi connectivity index (χ0) is 19.2. The Balaban J connectivity index is 1.60. The number of aromatic nitrogens is 3. The predicted octanol–water partition coefficient (Wildman–Crippen LogP) is 2.56. The Kier molecular flexibility index (Phi) is 6.33. The van der Waals surface area contributed by atoms with Crippen LogP contribution in [0.3, 0.4) is 0 Å². The molecule has 0 unspecified atom stereocenters. The number of amides is 1. The standard InChI is InChI=1S/C18H23N5O3S/c1-26-17(25)13-9-5-6-10-14(13)20-15(24)11-27-18-22-21-16(23(18)19)12-7-3-2-4-8-12/h5-6,9-10,12H,2-4,7-8,11,19H2,1H3,(H,20,24). The van der Waals surface area contributed by atoms with Crippen LogP contribution in [0.15, 0.2) is 29.4 Å². The second-order valence-electron chi connectivity index (χ2n) is 6.42.